The van der Waals surface area contributed by atoms with E-state index in [1.807, 2.05) is 0 Å². The lowest BCUT2D eigenvalue weighted by molar-refractivity contribution is -0.138. The lowest BCUT2D eigenvalue weighted by Crippen LogP contribution is -2.33. The van der Waals surface area contributed by atoms with Crippen molar-refractivity contribution < 1.29 is 28.6 Å². The first kappa shape index (κ1) is 21.3. The van der Waals surface area contributed by atoms with Gasteiger partial charge >= 0.3 is 17.9 Å². The maximum absolute atomic E-state index is 12.1. The highest BCUT2D eigenvalue weighted by Crippen LogP contribution is 2.32. The van der Waals surface area contributed by atoms with Gasteiger partial charge in [-0.2, -0.15) is 0 Å². The summed E-state index contributed by atoms with van der Waals surface area (Å²) in [4.78, 5) is 37.9. The number of methoxy groups -OCH3 is 3. The summed E-state index contributed by atoms with van der Waals surface area (Å²) in [6, 6.07) is 5.07. The van der Waals surface area contributed by atoms with Crippen LogP contribution < -0.4 is 10.2 Å². The highest BCUT2D eigenvalue weighted by atomic mass is 16.5. The molecule has 0 bridgehead atoms. The Morgan fingerprint density at radius 2 is 1.75 bits per heavy atom. The van der Waals surface area contributed by atoms with Gasteiger partial charge in [-0.15, -0.1) is 0 Å². The molecule has 1 fully saturated rings. The molecule has 1 aliphatic rings. The smallest absolute Gasteiger partial charge is 0.354 e. The molecule has 0 saturated carbocycles. The van der Waals surface area contributed by atoms with E-state index in [0.29, 0.717) is 17.2 Å². The zero-order chi connectivity index (χ0) is 20.7. The zero-order valence-corrected chi connectivity index (χ0v) is 16.6. The average Bonchev–Trinajstić information content (AvgIpc) is 2.72. The number of esters is 3. The first-order chi connectivity index (χ1) is 13.4. The molecule has 1 aromatic rings. The molecule has 8 heteroatoms. The van der Waals surface area contributed by atoms with Crippen molar-refractivity contribution in [2.75, 3.05) is 44.6 Å². The highest BCUT2D eigenvalue weighted by molar-refractivity contribution is 6.00. The van der Waals surface area contributed by atoms with Crippen molar-refractivity contribution in [1.29, 1.82) is 0 Å². The Bertz CT molecular complexity index is 766. The quantitative estimate of drug-likeness (QED) is 0.449. The van der Waals surface area contributed by atoms with Crippen molar-refractivity contribution in [3.05, 3.63) is 35.5 Å². The van der Waals surface area contributed by atoms with Gasteiger partial charge in [0.15, 0.2) is 0 Å². The molecule has 1 saturated heterocycles. The van der Waals surface area contributed by atoms with Gasteiger partial charge in [0, 0.05) is 13.1 Å². The summed E-state index contributed by atoms with van der Waals surface area (Å²) < 4.78 is 14.1. The Morgan fingerprint density at radius 1 is 1.07 bits per heavy atom. The van der Waals surface area contributed by atoms with E-state index in [4.69, 9.17) is 9.47 Å². The second-order valence-electron chi connectivity index (χ2n) is 6.59. The van der Waals surface area contributed by atoms with Crippen molar-refractivity contribution in [2.45, 2.75) is 19.8 Å². The van der Waals surface area contributed by atoms with Gasteiger partial charge in [0.1, 0.15) is 5.70 Å². The van der Waals surface area contributed by atoms with Gasteiger partial charge in [0.2, 0.25) is 0 Å². The maximum atomic E-state index is 12.1. The van der Waals surface area contributed by atoms with Crippen molar-refractivity contribution in [3.8, 4) is 0 Å². The van der Waals surface area contributed by atoms with Crippen LogP contribution in [0.1, 0.15) is 30.1 Å². The van der Waals surface area contributed by atoms with Crippen LogP contribution in [0.25, 0.3) is 0 Å². The van der Waals surface area contributed by atoms with Gasteiger partial charge in [-0.25, -0.2) is 14.4 Å². The van der Waals surface area contributed by atoms with Gasteiger partial charge in [-0.3, -0.25) is 0 Å². The van der Waals surface area contributed by atoms with Gasteiger partial charge in [-0.05, 0) is 37.0 Å². The number of rotatable bonds is 6. The fraction of sp³-hybridized carbons (Fsp3) is 0.450. The van der Waals surface area contributed by atoms with Crippen LogP contribution in [0.2, 0.25) is 0 Å². The zero-order valence-electron chi connectivity index (χ0n) is 16.6. The summed E-state index contributed by atoms with van der Waals surface area (Å²) in [6.45, 7) is 3.91. The molecule has 0 aliphatic carbocycles. The number of hydrogen-bond acceptors (Lipinski definition) is 8. The second kappa shape index (κ2) is 9.77. The van der Waals surface area contributed by atoms with E-state index in [1.165, 1.54) is 21.3 Å². The van der Waals surface area contributed by atoms with Gasteiger partial charge in [0.25, 0.3) is 0 Å². The third-order valence-corrected chi connectivity index (χ3v) is 4.68. The lowest BCUT2D eigenvalue weighted by atomic mass is 9.98. The molecule has 1 N–H and O–H groups in total. The summed E-state index contributed by atoms with van der Waals surface area (Å²) in [7, 11) is 3.73. The summed E-state index contributed by atoms with van der Waals surface area (Å²) in [5.41, 5.74) is 1.54. The average molecular weight is 390 g/mol. The Kier molecular flexibility index (Phi) is 7.43. The van der Waals surface area contributed by atoms with Crippen LogP contribution in [0.3, 0.4) is 0 Å². The monoisotopic (exact) mass is 390 g/mol. The fourth-order valence-electron chi connectivity index (χ4n) is 2.98. The molecule has 8 nitrogen and oxygen atoms in total. The molecule has 0 radical (unpaired) electrons. The van der Waals surface area contributed by atoms with Crippen LogP contribution in [0.4, 0.5) is 11.4 Å². The van der Waals surface area contributed by atoms with Crippen LogP contribution >= 0.6 is 0 Å². The SMILES string of the molecule is COC(=O)/C=C(/Nc1cc(C(=O)OC)ccc1N1CCC(C)CC1)C(=O)OC. The van der Waals surface area contributed by atoms with E-state index in [-0.39, 0.29) is 5.70 Å². The highest BCUT2D eigenvalue weighted by Gasteiger charge is 2.22. The molecule has 1 heterocycles. The van der Waals surface area contributed by atoms with Crippen LogP contribution in [0.15, 0.2) is 30.0 Å². The summed E-state index contributed by atoms with van der Waals surface area (Å²) in [5.74, 6) is -1.29. The summed E-state index contributed by atoms with van der Waals surface area (Å²) >= 11 is 0. The molecule has 152 valence electrons. The number of hydrogen-bond donors (Lipinski definition) is 1. The number of carbonyl (C=O) groups is 3. The normalized spacial score (nSPS) is 15.0. The Balaban J connectivity index is 2.44. The first-order valence-corrected chi connectivity index (χ1v) is 9.01. The molecule has 0 unspecified atom stereocenters. The third-order valence-electron chi connectivity index (χ3n) is 4.68. The fourth-order valence-corrected chi connectivity index (χ4v) is 2.98. The minimum atomic E-state index is -0.730. The Labute approximate surface area is 164 Å². The van der Waals surface area contributed by atoms with E-state index in [0.717, 1.165) is 37.7 Å². The summed E-state index contributed by atoms with van der Waals surface area (Å²) in [6.07, 6.45) is 3.10. The Hall–Kier alpha value is -3.03. The van der Waals surface area contributed by atoms with E-state index < -0.39 is 17.9 Å². The topological polar surface area (TPSA) is 94.2 Å². The number of ether oxygens (including phenoxy) is 3. The number of nitrogens with one attached hydrogen (secondary N) is 1. The molecule has 2 rings (SSSR count). The van der Waals surface area contributed by atoms with Gasteiger partial charge < -0.3 is 24.4 Å². The number of anilines is 2. The predicted molar refractivity (Wildman–Crippen MR) is 104 cm³/mol. The number of piperidine rings is 1. The van der Waals surface area contributed by atoms with Crippen molar-refractivity contribution in [2.24, 2.45) is 5.92 Å². The predicted octanol–water partition coefficient (Wildman–Crippen LogP) is 2.35. The molecular weight excluding hydrogens is 364 g/mol. The molecule has 0 aromatic heterocycles. The number of benzene rings is 1. The molecule has 0 amide bonds. The Morgan fingerprint density at radius 3 is 2.32 bits per heavy atom. The van der Waals surface area contributed by atoms with Crippen LogP contribution in [-0.2, 0) is 23.8 Å². The maximum Gasteiger partial charge on any atom is 0.354 e. The van der Waals surface area contributed by atoms with Gasteiger partial charge in [-0.1, -0.05) is 6.92 Å². The molecule has 1 aliphatic heterocycles. The third kappa shape index (κ3) is 5.25. The molecule has 1 aromatic carbocycles. The number of carbonyl (C=O) groups excluding carboxylic acids is 3. The van der Waals surface area contributed by atoms with E-state index in [1.54, 1.807) is 18.2 Å². The molecule has 0 spiro atoms. The van der Waals surface area contributed by atoms with Crippen LogP contribution in [-0.4, -0.2) is 52.3 Å². The molecular formula is C20H26N2O6. The van der Waals surface area contributed by atoms with Crippen LogP contribution in [0.5, 0.6) is 0 Å². The lowest BCUT2D eigenvalue weighted by Gasteiger charge is -2.33. The first-order valence-electron chi connectivity index (χ1n) is 9.01. The van der Waals surface area contributed by atoms with Crippen molar-refractivity contribution in [3.63, 3.8) is 0 Å². The standard InChI is InChI=1S/C20H26N2O6/c1-13-7-9-22(10-8-13)17-6-5-14(19(24)27-3)11-15(17)21-16(20(25)28-4)12-18(23)26-2/h5-6,11-13,21H,7-10H2,1-4H3/b16-12+. The second-order valence-corrected chi connectivity index (χ2v) is 6.59. The summed E-state index contributed by atoms with van der Waals surface area (Å²) in [5, 5.41) is 2.93. The van der Waals surface area contributed by atoms with E-state index in [9.17, 15) is 14.4 Å². The van der Waals surface area contributed by atoms with Crippen molar-refractivity contribution >= 4 is 29.3 Å². The number of nitrogens with zero attached hydrogens (tertiary/aromatic N) is 1. The molecule has 0 atom stereocenters. The van der Waals surface area contributed by atoms with E-state index >= 15 is 0 Å². The van der Waals surface area contributed by atoms with E-state index in [2.05, 4.69) is 21.9 Å². The van der Waals surface area contributed by atoms with Crippen molar-refractivity contribution in [1.82, 2.24) is 0 Å². The van der Waals surface area contributed by atoms with Crippen LogP contribution in [0, 0.1) is 5.92 Å². The largest absolute Gasteiger partial charge is 0.466 e. The van der Waals surface area contributed by atoms with Gasteiger partial charge in [0.05, 0.1) is 44.3 Å². The minimum Gasteiger partial charge on any atom is -0.466 e. The molecule has 28 heavy (non-hydrogen) atoms. The minimum absolute atomic E-state index is 0.0945.